The third-order valence-electron chi connectivity index (χ3n) is 11.6. The summed E-state index contributed by atoms with van der Waals surface area (Å²) in [5.74, 6) is 0.485. The van der Waals surface area contributed by atoms with E-state index in [1.165, 1.54) is 19.0 Å². The maximum Gasteiger partial charge on any atom is 0.410 e. The number of nitrogens with two attached hydrogens (primary N) is 1. The summed E-state index contributed by atoms with van der Waals surface area (Å²) in [5, 5.41) is 12.6. The van der Waals surface area contributed by atoms with Gasteiger partial charge in [-0.25, -0.2) is 44.3 Å². The summed E-state index contributed by atoms with van der Waals surface area (Å²) >= 11 is 18.7. The number of rotatable bonds is 5. The van der Waals surface area contributed by atoms with E-state index < -0.39 is 16.8 Å². The molecule has 3 saturated heterocycles. The lowest BCUT2D eigenvalue weighted by Crippen LogP contribution is -2.41. The van der Waals surface area contributed by atoms with E-state index in [-0.39, 0.29) is 54.6 Å². The zero-order valence-corrected chi connectivity index (χ0v) is 51.7. The van der Waals surface area contributed by atoms with Crippen molar-refractivity contribution in [3.63, 3.8) is 0 Å². The second kappa shape index (κ2) is 27.1. The summed E-state index contributed by atoms with van der Waals surface area (Å²) in [6.07, 6.45) is 15.2. The molecular weight excluding hydrogens is 1350 g/mol. The number of likely N-dealkylation sites (tertiary alicyclic amines) is 3. The van der Waals surface area contributed by atoms with Gasteiger partial charge in [-0.05, 0) is 169 Å². The second-order valence-corrected chi connectivity index (χ2v) is 24.9. The van der Waals surface area contributed by atoms with Crippen LogP contribution in [0.2, 0.25) is 10.3 Å². The van der Waals surface area contributed by atoms with Crippen molar-refractivity contribution in [2.24, 2.45) is 0 Å². The van der Waals surface area contributed by atoms with Crippen LogP contribution in [0.1, 0.15) is 101 Å². The normalized spacial score (nSPS) is 17.5. The number of carbonyl (C=O) groups excluding carboxylic acids is 3. The number of fused-ring (bicyclic) bond motifs is 3. The average molecular weight is 1420 g/mol. The molecule has 0 saturated carbocycles. The lowest BCUT2D eigenvalue weighted by Gasteiger charge is -2.28. The fourth-order valence-electron chi connectivity index (χ4n) is 8.52. The molecule has 6 aromatic rings. The summed E-state index contributed by atoms with van der Waals surface area (Å²) in [7, 11) is 0. The molecule has 27 heteroatoms. The van der Waals surface area contributed by atoms with E-state index in [1.807, 2.05) is 90.7 Å². The van der Waals surface area contributed by atoms with Crippen molar-refractivity contribution in [1.29, 1.82) is 0 Å². The van der Waals surface area contributed by atoms with Gasteiger partial charge >= 0.3 is 18.3 Å². The van der Waals surface area contributed by atoms with E-state index in [1.54, 1.807) is 4.90 Å². The monoisotopic (exact) mass is 1420 g/mol. The molecule has 0 aliphatic carbocycles. The number of carbonyl (C=O) groups is 3. The van der Waals surface area contributed by atoms with Crippen molar-refractivity contribution in [3.05, 3.63) is 58.6 Å². The van der Waals surface area contributed by atoms with Gasteiger partial charge in [-0.3, -0.25) is 0 Å². The largest absolute Gasteiger partial charge is 0.444 e. The average Bonchev–Trinajstić information content (AvgIpc) is 4.16. The van der Waals surface area contributed by atoms with Crippen LogP contribution < -0.4 is 11.9 Å². The van der Waals surface area contributed by atoms with Crippen molar-refractivity contribution in [1.82, 2.24) is 64.9 Å². The number of nitrogens with zero attached hydrogens (tertiary/aromatic N) is 11. The molecule has 3 amide bonds. The van der Waals surface area contributed by atoms with E-state index in [2.05, 4.69) is 112 Å². The molecule has 75 heavy (non-hydrogen) atoms. The molecular formula is C48H69Cl2I3N14O8. The first-order chi connectivity index (χ1) is 34.2. The smallest absolute Gasteiger partial charge is 0.410 e. The van der Waals surface area contributed by atoms with Crippen LogP contribution in [0.4, 0.5) is 20.2 Å². The minimum absolute atomic E-state index is 0. The molecule has 9 heterocycles. The quantitative estimate of drug-likeness (QED) is 0.0709. The fraction of sp³-hybridized carbons (Fsp3) is 0.562. The van der Waals surface area contributed by atoms with Gasteiger partial charge in [-0.1, -0.05) is 23.2 Å². The number of amides is 3. The van der Waals surface area contributed by atoms with Gasteiger partial charge in [0.25, 0.3) is 0 Å². The van der Waals surface area contributed by atoms with E-state index in [0.29, 0.717) is 35.8 Å². The first kappa shape index (κ1) is 63.7. The van der Waals surface area contributed by atoms with Crippen LogP contribution in [0.15, 0.2) is 37.6 Å². The van der Waals surface area contributed by atoms with Crippen LogP contribution in [0.3, 0.4) is 0 Å². The van der Waals surface area contributed by atoms with Crippen LogP contribution in [-0.2, 0) is 27.3 Å². The first-order valence-electron chi connectivity index (χ1n) is 23.9. The minimum Gasteiger partial charge on any atom is -0.444 e. The number of nitrogen functional groups attached to an aromatic ring is 1. The summed E-state index contributed by atoms with van der Waals surface area (Å²) in [4.78, 5) is 69.5. The van der Waals surface area contributed by atoms with Crippen LogP contribution in [0, 0.1) is 10.7 Å². The molecule has 414 valence electrons. The van der Waals surface area contributed by atoms with Gasteiger partial charge < -0.3 is 65.5 Å². The highest BCUT2D eigenvalue weighted by molar-refractivity contribution is 14.1. The molecule has 0 radical (unpaired) electrons. The number of halogens is 5. The van der Waals surface area contributed by atoms with Crippen LogP contribution in [-0.4, -0.2) is 149 Å². The number of anilines is 1. The van der Waals surface area contributed by atoms with Crippen molar-refractivity contribution < 1.29 is 39.2 Å². The summed E-state index contributed by atoms with van der Waals surface area (Å²) in [6.45, 7) is 20.4. The van der Waals surface area contributed by atoms with Crippen molar-refractivity contribution in [2.45, 2.75) is 149 Å². The van der Waals surface area contributed by atoms with E-state index in [9.17, 15) is 14.4 Å². The van der Waals surface area contributed by atoms with E-state index in [0.717, 1.165) is 95.4 Å². The lowest BCUT2D eigenvalue weighted by atomic mass is 10.2. The molecule has 3 aliphatic rings. The standard InChI is InChI=1S/C16H20ClIN4O2.C16H22IN5O2.C10H19NO3.C6H3ClIN3.H3N.H2O/c1-16(2,3)24-15(23)22-6-4-5-10(22)7-21-8-11(18)12-13(17)19-9-20-14(12)21;1-16(2,3)24-15(23)22-6-4-5-10(22)7-21-8-11(17)12-13(18)19-9-20-14(12)21;1-10(2,3)14-9(13)11-6-4-5-8(11)7-12;7-5-4-3(8)1-9-6(4)11-2-10-5;;/h8-10H,4-7H2,1-3H3;8-10H,4-7H2,1-3H3,(H2,18,19,20);8,12H,4-7H2,1-3H3;1-2H,(H,9,10,11);1H3;1H2/t2*10-;8-;;;/m111.../s1. The first-order valence-corrected chi connectivity index (χ1v) is 27.9. The summed E-state index contributed by atoms with van der Waals surface area (Å²) < 4.78 is 23.5. The molecule has 0 bridgehead atoms. The topological polar surface area (TPSA) is 304 Å². The number of aromatic amines is 1. The Morgan fingerprint density at radius 3 is 1.45 bits per heavy atom. The number of ether oxygens (including phenoxy) is 3. The highest BCUT2D eigenvalue weighted by Gasteiger charge is 2.35. The molecule has 0 aromatic carbocycles. The van der Waals surface area contributed by atoms with E-state index in [4.69, 9.17) is 48.3 Å². The molecule has 3 aliphatic heterocycles. The Balaban J connectivity index is 0.000000224. The molecule has 9 rings (SSSR count). The Morgan fingerprint density at radius 2 is 1.01 bits per heavy atom. The number of aromatic nitrogens is 9. The Bertz CT molecular complexity index is 2760. The molecule has 22 nitrogen and oxygen atoms in total. The van der Waals surface area contributed by atoms with Gasteiger partial charge in [0, 0.05) is 62.0 Å². The van der Waals surface area contributed by atoms with Gasteiger partial charge in [0.2, 0.25) is 0 Å². The predicted molar refractivity (Wildman–Crippen MR) is 315 cm³/mol. The van der Waals surface area contributed by atoms with Crippen molar-refractivity contribution in [2.75, 3.05) is 32.0 Å². The molecule has 0 unspecified atom stereocenters. The zero-order valence-electron chi connectivity index (χ0n) is 43.7. The Labute approximate surface area is 487 Å². The number of aliphatic hydroxyl groups is 1. The number of aliphatic hydroxyl groups excluding tert-OH is 1. The number of nitrogens with one attached hydrogen (secondary N) is 1. The highest BCUT2D eigenvalue weighted by Crippen LogP contribution is 2.31. The van der Waals surface area contributed by atoms with E-state index >= 15 is 0 Å². The van der Waals surface area contributed by atoms with Crippen molar-refractivity contribution >= 4 is 148 Å². The Morgan fingerprint density at radius 1 is 0.627 bits per heavy atom. The molecule has 6 aromatic heterocycles. The SMILES string of the molecule is CC(C)(C)OC(=O)N1CCC[C@@H]1CO.CC(C)(C)OC(=O)N1CCC[C@@H]1Cn1cc(I)c2c(Cl)ncnc21.CC(C)(C)OC(=O)N1CCC[C@@H]1Cn1cc(I)c2c(N)ncnc21.Clc1ncnc2[nH]cc(I)c12.N.O. The van der Waals surface area contributed by atoms with Gasteiger partial charge in [-0.2, -0.15) is 0 Å². The van der Waals surface area contributed by atoms with Gasteiger partial charge in [0.1, 0.15) is 68.9 Å². The fourth-order valence-corrected chi connectivity index (χ4v) is 11.7. The predicted octanol–water partition coefficient (Wildman–Crippen LogP) is 10.0. The maximum absolute atomic E-state index is 12.4. The Hall–Kier alpha value is -3.88. The molecule has 3 atom stereocenters. The van der Waals surface area contributed by atoms with Crippen LogP contribution in [0.5, 0.6) is 0 Å². The molecule has 3 fully saturated rings. The maximum atomic E-state index is 12.4. The van der Waals surface area contributed by atoms with Crippen molar-refractivity contribution in [3.8, 4) is 0 Å². The summed E-state index contributed by atoms with van der Waals surface area (Å²) in [5.41, 5.74) is 6.94. The van der Waals surface area contributed by atoms with Crippen LogP contribution >= 0.6 is 91.0 Å². The Kier molecular flexibility index (Phi) is 23.0. The minimum atomic E-state index is -0.486. The highest BCUT2D eigenvalue weighted by atomic mass is 127. The second-order valence-electron chi connectivity index (χ2n) is 20.7. The lowest BCUT2D eigenvalue weighted by molar-refractivity contribution is 0.0172. The number of H-pyrrole nitrogens is 1. The van der Waals surface area contributed by atoms with Crippen LogP contribution in [0.25, 0.3) is 33.1 Å². The number of hydrogen-bond acceptors (Lipinski definition) is 15. The molecule has 9 N–H and O–H groups in total. The third kappa shape index (κ3) is 17.1. The molecule has 0 spiro atoms. The van der Waals surface area contributed by atoms with Gasteiger partial charge in [0.05, 0.1) is 40.9 Å². The summed E-state index contributed by atoms with van der Waals surface area (Å²) in [6, 6.07) is 0.146. The zero-order chi connectivity index (χ0) is 53.6. The van der Waals surface area contributed by atoms with Gasteiger partial charge in [0.15, 0.2) is 0 Å². The third-order valence-corrected chi connectivity index (χ3v) is 14.7. The number of hydrogen-bond donors (Lipinski definition) is 4. The van der Waals surface area contributed by atoms with Gasteiger partial charge in [-0.15, -0.1) is 0 Å².